The van der Waals surface area contributed by atoms with E-state index in [1.54, 1.807) is 0 Å². The number of aromatic nitrogens is 2. The SMILES string of the molecule is CCc1cccc(CC(C)(C#N)c2ccc3cc(CC)c(=O)[nH]c3c2)n1. The Labute approximate surface area is 153 Å². The van der Waals surface area contributed by atoms with Gasteiger partial charge in [-0.05, 0) is 55.0 Å². The van der Waals surface area contributed by atoms with Crippen molar-refractivity contribution >= 4 is 10.9 Å². The van der Waals surface area contributed by atoms with Crippen molar-refractivity contribution in [2.45, 2.75) is 45.4 Å². The van der Waals surface area contributed by atoms with Crippen molar-refractivity contribution in [1.82, 2.24) is 9.97 Å². The molecule has 0 aliphatic carbocycles. The molecule has 0 bridgehead atoms. The van der Waals surface area contributed by atoms with Gasteiger partial charge < -0.3 is 4.98 Å². The first-order valence-corrected chi connectivity index (χ1v) is 9.01. The highest BCUT2D eigenvalue weighted by Gasteiger charge is 2.28. The minimum atomic E-state index is -0.714. The quantitative estimate of drug-likeness (QED) is 0.758. The van der Waals surface area contributed by atoms with Gasteiger partial charge in [0.2, 0.25) is 0 Å². The summed E-state index contributed by atoms with van der Waals surface area (Å²) in [6, 6.07) is 16.2. The highest BCUT2D eigenvalue weighted by Crippen LogP contribution is 2.29. The number of nitriles is 1. The summed E-state index contributed by atoms with van der Waals surface area (Å²) in [6.45, 7) is 5.96. The third-order valence-electron chi connectivity index (χ3n) is 4.95. The molecule has 1 aromatic carbocycles. The maximum atomic E-state index is 12.1. The molecule has 3 aromatic rings. The molecular weight excluding hydrogens is 322 g/mol. The first-order chi connectivity index (χ1) is 12.5. The van der Waals surface area contributed by atoms with E-state index >= 15 is 0 Å². The van der Waals surface area contributed by atoms with Crippen molar-refractivity contribution in [2.24, 2.45) is 0 Å². The molecule has 1 atom stereocenters. The first-order valence-electron chi connectivity index (χ1n) is 9.01. The number of hydrogen-bond acceptors (Lipinski definition) is 3. The second-order valence-electron chi connectivity index (χ2n) is 6.87. The van der Waals surface area contributed by atoms with Crippen molar-refractivity contribution in [3.8, 4) is 6.07 Å². The van der Waals surface area contributed by atoms with Crippen LogP contribution in [0.1, 0.15) is 43.3 Å². The molecule has 3 rings (SSSR count). The zero-order valence-corrected chi connectivity index (χ0v) is 15.5. The zero-order valence-electron chi connectivity index (χ0n) is 15.5. The van der Waals surface area contributed by atoms with Crippen LogP contribution in [0.3, 0.4) is 0 Å². The minimum Gasteiger partial charge on any atom is -0.322 e. The molecule has 4 nitrogen and oxygen atoms in total. The molecule has 0 aliphatic rings. The molecule has 0 saturated heterocycles. The van der Waals surface area contributed by atoms with Gasteiger partial charge in [0.1, 0.15) is 0 Å². The monoisotopic (exact) mass is 345 g/mol. The van der Waals surface area contributed by atoms with Crippen molar-refractivity contribution in [2.75, 3.05) is 0 Å². The molecule has 2 aromatic heterocycles. The number of nitrogens with one attached hydrogen (secondary N) is 1. The number of aryl methyl sites for hydroxylation is 2. The van der Waals surface area contributed by atoms with E-state index in [0.717, 1.165) is 39.8 Å². The van der Waals surface area contributed by atoms with E-state index in [1.165, 1.54) is 0 Å². The van der Waals surface area contributed by atoms with Crippen molar-refractivity contribution in [3.05, 3.63) is 75.3 Å². The van der Waals surface area contributed by atoms with E-state index in [1.807, 2.05) is 56.3 Å². The molecule has 0 radical (unpaired) electrons. The lowest BCUT2D eigenvalue weighted by Gasteiger charge is -2.22. The number of nitrogens with zero attached hydrogens (tertiary/aromatic N) is 2. The second-order valence-corrected chi connectivity index (χ2v) is 6.87. The average Bonchev–Trinajstić information content (AvgIpc) is 2.67. The van der Waals surface area contributed by atoms with Gasteiger partial charge in [0.05, 0.1) is 11.5 Å². The largest absolute Gasteiger partial charge is 0.322 e. The molecule has 4 heteroatoms. The lowest BCUT2D eigenvalue weighted by atomic mass is 9.79. The van der Waals surface area contributed by atoms with E-state index < -0.39 is 5.41 Å². The molecule has 0 spiro atoms. The summed E-state index contributed by atoms with van der Waals surface area (Å²) in [5.74, 6) is 0. The number of aromatic amines is 1. The number of pyridine rings is 2. The fourth-order valence-electron chi connectivity index (χ4n) is 3.25. The van der Waals surface area contributed by atoms with Gasteiger partial charge in [-0.25, -0.2) is 0 Å². The number of H-pyrrole nitrogens is 1. The van der Waals surface area contributed by atoms with Gasteiger partial charge in [-0.3, -0.25) is 9.78 Å². The van der Waals surface area contributed by atoms with Gasteiger partial charge in [0, 0.05) is 28.9 Å². The Hall–Kier alpha value is -2.93. The molecule has 0 saturated carbocycles. The summed E-state index contributed by atoms with van der Waals surface area (Å²) >= 11 is 0. The number of rotatable bonds is 5. The molecule has 1 unspecified atom stereocenters. The fourth-order valence-corrected chi connectivity index (χ4v) is 3.25. The van der Waals surface area contributed by atoms with E-state index in [2.05, 4.69) is 23.0 Å². The van der Waals surface area contributed by atoms with Crippen molar-refractivity contribution in [3.63, 3.8) is 0 Å². The normalized spacial score (nSPS) is 13.3. The first kappa shape index (κ1) is 17.9. The Morgan fingerprint density at radius 3 is 2.58 bits per heavy atom. The summed E-state index contributed by atoms with van der Waals surface area (Å²) in [4.78, 5) is 19.7. The highest BCUT2D eigenvalue weighted by atomic mass is 16.1. The average molecular weight is 345 g/mol. The van der Waals surface area contributed by atoms with Crippen molar-refractivity contribution in [1.29, 1.82) is 5.26 Å². The maximum Gasteiger partial charge on any atom is 0.251 e. The van der Waals surface area contributed by atoms with Crippen LogP contribution in [0.4, 0.5) is 0 Å². The van der Waals surface area contributed by atoms with Crippen LogP contribution in [0, 0.1) is 11.3 Å². The maximum absolute atomic E-state index is 12.1. The molecule has 132 valence electrons. The van der Waals surface area contributed by atoms with Crippen LogP contribution in [0.15, 0.2) is 47.3 Å². The summed E-state index contributed by atoms with van der Waals surface area (Å²) in [7, 11) is 0. The van der Waals surface area contributed by atoms with Gasteiger partial charge in [0.25, 0.3) is 5.56 Å². The molecule has 1 N–H and O–H groups in total. The van der Waals surface area contributed by atoms with Crippen LogP contribution in [0.2, 0.25) is 0 Å². The fraction of sp³-hybridized carbons (Fsp3) is 0.318. The van der Waals surface area contributed by atoms with Crippen LogP contribution in [-0.4, -0.2) is 9.97 Å². The summed E-state index contributed by atoms with van der Waals surface area (Å²) in [6.07, 6.45) is 2.09. The Bertz CT molecular complexity index is 1050. The lowest BCUT2D eigenvalue weighted by Crippen LogP contribution is -2.24. The highest BCUT2D eigenvalue weighted by molar-refractivity contribution is 5.80. The van der Waals surface area contributed by atoms with Crippen LogP contribution in [0.25, 0.3) is 10.9 Å². The van der Waals surface area contributed by atoms with Gasteiger partial charge in [-0.1, -0.05) is 32.0 Å². The predicted octanol–water partition coefficient (Wildman–Crippen LogP) is 4.07. The number of benzene rings is 1. The minimum absolute atomic E-state index is 0.0619. The Morgan fingerprint density at radius 2 is 1.88 bits per heavy atom. The molecule has 2 heterocycles. The van der Waals surface area contributed by atoms with Gasteiger partial charge in [0.15, 0.2) is 0 Å². The molecule has 0 fully saturated rings. The van der Waals surface area contributed by atoms with Crippen LogP contribution in [0.5, 0.6) is 0 Å². The Morgan fingerprint density at radius 1 is 1.12 bits per heavy atom. The van der Waals surface area contributed by atoms with Gasteiger partial charge in [-0.2, -0.15) is 5.26 Å². The molecule has 0 aliphatic heterocycles. The van der Waals surface area contributed by atoms with E-state index in [0.29, 0.717) is 12.8 Å². The summed E-state index contributed by atoms with van der Waals surface area (Å²) in [5, 5.41) is 10.9. The van der Waals surface area contributed by atoms with Crippen LogP contribution in [-0.2, 0) is 24.7 Å². The van der Waals surface area contributed by atoms with Crippen molar-refractivity contribution < 1.29 is 0 Å². The van der Waals surface area contributed by atoms with Crippen LogP contribution >= 0.6 is 0 Å². The van der Waals surface area contributed by atoms with E-state index in [-0.39, 0.29) is 5.56 Å². The Kier molecular flexibility index (Phi) is 4.90. The summed E-state index contributed by atoms with van der Waals surface area (Å²) < 4.78 is 0. The van der Waals surface area contributed by atoms with E-state index in [4.69, 9.17) is 0 Å². The lowest BCUT2D eigenvalue weighted by molar-refractivity contribution is 0.595. The van der Waals surface area contributed by atoms with Crippen LogP contribution < -0.4 is 5.56 Å². The standard InChI is InChI=1S/C22H23N3O/c1-4-15-11-16-9-10-17(12-20(16)25-21(15)26)22(3,14-23)13-19-8-6-7-18(5-2)24-19/h6-12H,4-5,13H2,1-3H3,(H,25,26). The molecule has 0 amide bonds. The van der Waals surface area contributed by atoms with Gasteiger partial charge in [-0.15, -0.1) is 0 Å². The molecular formula is C22H23N3O. The van der Waals surface area contributed by atoms with E-state index in [9.17, 15) is 10.1 Å². The predicted molar refractivity (Wildman–Crippen MR) is 104 cm³/mol. The molecule has 26 heavy (non-hydrogen) atoms. The smallest absolute Gasteiger partial charge is 0.251 e. The zero-order chi connectivity index (χ0) is 18.7. The third kappa shape index (κ3) is 3.39. The topological polar surface area (TPSA) is 69.5 Å². The summed E-state index contributed by atoms with van der Waals surface area (Å²) in [5.41, 5.74) is 3.58. The number of hydrogen-bond donors (Lipinski definition) is 1. The number of fused-ring (bicyclic) bond motifs is 1. The second kappa shape index (κ2) is 7.13. The Balaban J connectivity index is 2.03. The third-order valence-corrected chi connectivity index (χ3v) is 4.95. The van der Waals surface area contributed by atoms with Gasteiger partial charge >= 0.3 is 0 Å².